The van der Waals surface area contributed by atoms with Crippen LogP contribution in [-0.2, 0) is 4.74 Å². The third-order valence-electron chi connectivity index (χ3n) is 2.91. The molecular formula is C13H15N3OS. The molecule has 1 aliphatic heterocycles. The van der Waals surface area contributed by atoms with Crippen LogP contribution in [0.4, 0.5) is 0 Å². The predicted molar refractivity (Wildman–Crippen MR) is 71.1 cm³/mol. The van der Waals surface area contributed by atoms with Crippen LogP contribution in [-0.4, -0.2) is 33.2 Å². The van der Waals surface area contributed by atoms with Crippen LogP contribution in [0.3, 0.4) is 0 Å². The fraction of sp³-hybridized carbons (Fsp3) is 0.385. The number of thioether (sulfide) groups is 1. The van der Waals surface area contributed by atoms with E-state index in [1.54, 1.807) is 22.8 Å². The van der Waals surface area contributed by atoms with Gasteiger partial charge in [0, 0.05) is 12.4 Å². The van der Waals surface area contributed by atoms with Crippen molar-refractivity contribution in [3.63, 3.8) is 0 Å². The van der Waals surface area contributed by atoms with E-state index in [1.165, 1.54) is 6.42 Å². The summed E-state index contributed by atoms with van der Waals surface area (Å²) in [4.78, 5) is 4.31. The topological polar surface area (TPSA) is 39.9 Å². The summed E-state index contributed by atoms with van der Waals surface area (Å²) >= 11 is 1.67. The highest BCUT2D eigenvalue weighted by molar-refractivity contribution is 7.99. The maximum Gasteiger partial charge on any atom is 0.208 e. The van der Waals surface area contributed by atoms with Gasteiger partial charge >= 0.3 is 0 Å². The summed E-state index contributed by atoms with van der Waals surface area (Å²) in [6.07, 6.45) is 4.47. The van der Waals surface area contributed by atoms with Crippen LogP contribution < -0.4 is 0 Å². The van der Waals surface area contributed by atoms with Gasteiger partial charge in [-0.05, 0) is 25.0 Å². The van der Waals surface area contributed by atoms with E-state index in [1.807, 2.05) is 30.3 Å². The lowest BCUT2D eigenvalue weighted by molar-refractivity contribution is 0.129. The van der Waals surface area contributed by atoms with Crippen LogP contribution in [0.5, 0.6) is 0 Å². The Kier molecular flexibility index (Phi) is 3.61. The molecule has 0 saturated carbocycles. The standard InChI is InChI=1S/C13H15N3OS/c1-2-5-11(6-3-1)16-10-14-13(15-16)18-9-12-7-4-8-17-12/h1-3,5-6,10,12H,4,7-9H2. The van der Waals surface area contributed by atoms with Crippen molar-refractivity contribution >= 4 is 11.8 Å². The van der Waals surface area contributed by atoms with Crippen molar-refractivity contribution in [2.45, 2.75) is 24.1 Å². The number of hydrogen-bond acceptors (Lipinski definition) is 4. The highest BCUT2D eigenvalue weighted by Gasteiger charge is 2.16. The van der Waals surface area contributed by atoms with Crippen molar-refractivity contribution in [3.8, 4) is 5.69 Å². The van der Waals surface area contributed by atoms with Gasteiger partial charge in [0.15, 0.2) is 0 Å². The summed E-state index contributed by atoms with van der Waals surface area (Å²) in [5.41, 5.74) is 1.04. The second-order valence-electron chi connectivity index (χ2n) is 4.25. The van der Waals surface area contributed by atoms with Gasteiger partial charge in [-0.2, -0.15) is 0 Å². The first-order valence-corrected chi connectivity index (χ1v) is 7.12. The first-order valence-electron chi connectivity index (χ1n) is 6.13. The first kappa shape index (κ1) is 11.7. The Morgan fingerprint density at radius 2 is 2.22 bits per heavy atom. The number of benzene rings is 1. The van der Waals surface area contributed by atoms with Gasteiger partial charge < -0.3 is 4.74 Å². The molecule has 1 atom stereocenters. The SMILES string of the molecule is c1ccc(-n2cnc(SCC3CCCO3)n2)cc1. The molecule has 0 bridgehead atoms. The molecule has 0 spiro atoms. The van der Waals surface area contributed by atoms with Gasteiger partial charge in [0.2, 0.25) is 5.16 Å². The minimum Gasteiger partial charge on any atom is -0.377 e. The number of hydrogen-bond donors (Lipinski definition) is 0. The third kappa shape index (κ3) is 2.73. The summed E-state index contributed by atoms with van der Waals surface area (Å²) in [5, 5.41) is 5.27. The van der Waals surface area contributed by atoms with Gasteiger partial charge in [0.1, 0.15) is 6.33 Å². The van der Waals surface area contributed by atoms with Crippen molar-refractivity contribution in [1.29, 1.82) is 0 Å². The van der Waals surface area contributed by atoms with Crippen molar-refractivity contribution in [2.75, 3.05) is 12.4 Å². The minimum absolute atomic E-state index is 0.374. The van der Waals surface area contributed by atoms with Gasteiger partial charge in [-0.1, -0.05) is 30.0 Å². The second kappa shape index (κ2) is 5.54. The first-order chi connectivity index (χ1) is 8.92. The van der Waals surface area contributed by atoms with Crippen LogP contribution in [0.25, 0.3) is 5.69 Å². The molecule has 1 aromatic carbocycles. The lowest BCUT2D eigenvalue weighted by Crippen LogP contribution is -2.07. The Labute approximate surface area is 110 Å². The van der Waals surface area contributed by atoms with E-state index in [9.17, 15) is 0 Å². The van der Waals surface area contributed by atoms with Crippen molar-refractivity contribution in [2.24, 2.45) is 0 Å². The Morgan fingerprint density at radius 3 is 3.00 bits per heavy atom. The van der Waals surface area contributed by atoms with Gasteiger partial charge in [-0.3, -0.25) is 0 Å². The summed E-state index contributed by atoms with van der Waals surface area (Å²) in [7, 11) is 0. The molecule has 0 aliphatic carbocycles. The molecule has 18 heavy (non-hydrogen) atoms. The summed E-state index contributed by atoms with van der Waals surface area (Å²) < 4.78 is 7.39. The van der Waals surface area contributed by atoms with Crippen LogP contribution in [0.15, 0.2) is 41.8 Å². The van der Waals surface area contributed by atoms with Crippen LogP contribution in [0.1, 0.15) is 12.8 Å². The molecule has 1 aromatic heterocycles. The summed E-state index contributed by atoms with van der Waals surface area (Å²) in [6, 6.07) is 10.0. The van der Waals surface area contributed by atoms with Gasteiger partial charge in [0.25, 0.3) is 0 Å². The van der Waals surface area contributed by atoms with Gasteiger partial charge in [-0.25, -0.2) is 9.67 Å². The van der Waals surface area contributed by atoms with E-state index in [2.05, 4.69) is 10.1 Å². The van der Waals surface area contributed by atoms with Crippen molar-refractivity contribution in [3.05, 3.63) is 36.7 Å². The number of rotatable bonds is 4. The van der Waals surface area contributed by atoms with E-state index in [0.717, 1.165) is 29.6 Å². The molecule has 3 rings (SSSR count). The highest BCUT2D eigenvalue weighted by Crippen LogP contribution is 2.21. The largest absolute Gasteiger partial charge is 0.377 e. The maximum atomic E-state index is 5.58. The number of ether oxygens (including phenoxy) is 1. The van der Waals surface area contributed by atoms with Crippen LogP contribution >= 0.6 is 11.8 Å². The molecule has 0 radical (unpaired) electrons. The van der Waals surface area contributed by atoms with Crippen LogP contribution in [0, 0.1) is 0 Å². The van der Waals surface area contributed by atoms with Crippen LogP contribution in [0.2, 0.25) is 0 Å². The molecule has 1 fully saturated rings. The van der Waals surface area contributed by atoms with E-state index >= 15 is 0 Å². The zero-order valence-electron chi connectivity index (χ0n) is 10.0. The Balaban J connectivity index is 1.63. The molecule has 1 aliphatic rings. The van der Waals surface area contributed by atoms with E-state index < -0.39 is 0 Å². The predicted octanol–water partition coefficient (Wildman–Crippen LogP) is 2.54. The molecule has 4 nitrogen and oxygen atoms in total. The molecule has 0 amide bonds. The number of para-hydroxylation sites is 1. The zero-order valence-corrected chi connectivity index (χ0v) is 10.8. The lowest BCUT2D eigenvalue weighted by atomic mass is 10.3. The van der Waals surface area contributed by atoms with E-state index in [0.29, 0.717) is 6.10 Å². The average molecular weight is 261 g/mol. The number of aromatic nitrogens is 3. The smallest absolute Gasteiger partial charge is 0.208 e. The minimum atomic E-state index is 0.374. The Morgan fingerprint density at radius 1 is 1.33 bits per heavy atom. The Bertz CT molecular complexity index is 494. The van der Waals surface area contributed by atoms with Gasteiger partial charge in [-0.15, -0.1) is 5.10 Å². The van der Waals surface area contributed by atoms with Crippen molar-refractivity contribution < 1.29 is 4.74 Å². The van der Waals surface area contributed by atoms with E-state index in [-0.39, 0.29) is 0 Å². The van der Waals surface area contributed by atoms with Crippen molar-refractivity contribution in [1.82, 2.24) is 14.8 Å². The fourth-order valence-corrected chi connectivity index (χ4v) is 2.83. The molecule has 1 unspecified atom stereocenters. The zero-order chi connectivity index (χ0) is 12.2. The van der Waals surface area contributed by atoms with E-state index in [4.69, 9.17) is 4.74 Å². The molecule has 1 saturated heterocycles. The fourth-order valence-electron chi connectivity index (χ4n) is 1.96. The normalized spacial score (nSPS) is 19.2. The monoisotopic (exact) mass is 261 g/mol. The number of nitrogens with zero attached hydrogens (tertiary/aromatic N) is 3. The highest BCUT2D eigenvalue weighted by atomic mass is 32.2. The summed E-state index contributed by atoms with van der Waals surface area (Å²) in [6.45, 7) is 0.900. The molecule has 5 heteroatoms. The lowest BCUT2D eigenvalue weighted by Gasteiger charge is -2.05. The molecule has 94 valence electrons. The quantitative estimate of drug-likeness (QED) is 0.793. The molecule has 2 heterocycles. The molecule has 0 N–H and O–H groups in total. The average Bonchev–Trinajstić information content (AvgIpc) is 3.09. The maximum absolute atomic E-state index is 5.58. The molecular weight excluding hydrogens is 246 g/mol. The van der Waals surface area contributed by atoms with Gasteiger partial charge in [0.05, 0.1) is 11.8 Å². The Hall–Kier alpha value is -1.33. The molecule has 2 aromatic rings. The summed E-state index contributed by atoms with van der Waals surface area (Å²) in [5.74, 6) is 0.943. The second-order valence-corrected chi connectivity index (χ2v) is 5.24. The third-order valence-corrected chi connectivity index (χ3v) is 3.90.